The summed E-state index contributed by atoms with van der Waals surface area (Å²) in [7, 11) is 0. The molecule has 0 heterocycles. The minimum Gasteiger partial charge on any atom is -0.299 e. The predicted octanol–water partition coefficient (Wildman–Crippen LogP) is 4.69. The van der Waals surface area contributed by atoms with Gasteiger partial charge in [-0.1, -0.05) is 61.5 Å². The topological polar surface area (TPSA) is 17.1 Å². The molecule has 2 aromatic carbocycles. The zero-order chi connectivity index (χ0) is 14.4. The molecule has 0 amide bonds. The van der Waals surface area contributed by atoms with Crippen molar-refractivity contribution in [3.8, 4) is 0 Å². The highest BCUT2D eigenvalue weighted by Crippen LogP contribution is 2.25. The lowest BCUT2D eigenvalue weighted by atomic mass is 9.87. The average molecular weight is 266 g/mol. The third-order valence-electron chi connectivity index (χ3n) is 3.86. The van der Waals surface area contributed by atoms with Crippen molar-refractivity contribution in [2.24, 2.45) is 0 Å². The average Bonchev–Trinajstić information content (AvgIpc) is 2.49. The van der Waals surface area contributed by atoms with Gasteiger partial charge < -0.3 is 0 Å². The number of hydrogen-bond acceptors (Lipinski definition) is 1. The van der Waals surface area contributed by atoms with Gasteiger partial charge in [0.05, 0.1) is 0 Å². The van der Waals surface area contributed by atoms with E-state index in [4.69, 9.17) is 0 Å². The van der Waals surface area contributed by atoms with Crippen molar-refractivity contribution in [3.05, 3.63) is 71.3 Å². The molecular formula is C19H22O. The summed E-state index contributed by atoms with van der Waals surface area (Å²) < 4.78 is 0. The first-order valence-electron chi connectivity index (χ1n) is 7.34. The molecule has 0 aliphatic rings. The van der Waals surface area contributed by atoms with Gasteiger partial charge in [0.25, 0.3) is 0 Å². The van der Waals surface area contributed by atoms with E-state index in [2.05, 4.69) is 38.1 Å². The molecule has 1 atom stereocenters. The standard InChI is InChI=1S/C19H22O/c1-3-17(18-12-8-7-9-15(18)2)19(20)14-13-16-10-5-4-6-11-16/h4-12,17H,3,13-14H2,1-2H3. The number of benzene rings is 2. The van der Waals surface area contributed by atoms with E-state index in [-0.39, 0.29) is 5.92 Å². The summed E-state index contributed by atoms with van der Waals surface area (Å²) in [5.41, 5.74) is 3.64. The van der Waals surface area contributed by atoms with Crippen molar-refractivity contribution < 1.29 is 4.79 Å². The number of carbonyl (C=O) groups is 1. The van der Waals surface area contributed by atoms with Crippen LogP contribution in [-0.4, -0.2) is 5.78 Å². The number of ketones is 1. The third kappa shape index (κ3) is 3.57. The lowest BCUT2D eigenvalue weighted by molar-refractivity contribution is -0.120. The summed E-state index contributed by atoms with van der Waals surface area (Å²) in [5.74, 6) is 0.394. The highest BCUT2D eigenvalue weighted by Gasteiger charge is 2.19. The highest BCUT2D eigenvalue weighted by atomic mass is 16.1. The van der Waals surface area contributed by atoms with Gasteiger partial charge in [-0.2, -0.15) is 0 Å². The van der Waals surface area contributed by atoms with Crippen molar-refractivity contribution in [1.82, 2.24) is 0 Å². The Bertz CT molecular complexity index is 557. The van der Waals surface area contributed by atoms with Gasteiger partial charge in [0, 0.05) is 12.3 Å². The molecule has 0 aliphatic heterocycles. The first kappa shape index (κ1) is 14.5. The maximum absolute atomic E-state index is 12.5. The molecule has 0 saturated carbocycles. The summed E-state index contributed by atoms with van der Waals surface area (Å²) in [5, 5.41) is 0. The Morgan fingerprint density at radius 2 is 1.65 bits per heavy atom. The Hall–Kier alpha value is -1.89. The van der Waals surface area contributed by atoms with E-state index in [0.717, 1.165) is 12.8 Å². The van der Waals surface area contributed by atoms with Gasteiger partial charge in [0.2, 0.25) is 0 Å². The monoisotopic (exact) mass is 266 g/mol. The maximum atomic E-state index is 12.5. The van der Waals surface area contributed by atoms with Crippen molar-refractivity contribution >= 4 is 5.78 Å². The first-order chi connectivity index (χ1) is 9.72. The molecule has 0 spiro atoms. The molecule has 0 bridgehead atoms. The minimum absolute atomic E-state index is 0.0416. The third-order valence-corrected chi connectivity index (χ3v) is 3.86. The molecule has 0 radical (unpaired) electrons. The molecule has 0 aromatic heterocycles. The van der Waals surface area contributed by atoms with Crippen LogP contribution in [0.5, 0.6) is 0 Å². The van der Waals surface area contributed by atoms with Crippen molar-refractivity contribution in [2.45, 2.75) is 39.0 Å². The van der Waals surface area contributed by atoms with Crippen LogP contribution in [0.2, 0.25) is 0 Å². The Labute approximate surface area is 121 Å². The molecule has 2 aromatic rings. The van der Waals surface area contributed by atoms with Crippen LogP contribution in [-0.2, 0) is 11.2 Å². The molecule has 20 heavy (non-hydrogen) atoms. The van der Waals surface area contributed by atoms with Crippen LogP contribution in [0.3, 0.4) is 0 Å². The summed E-state index contributed by atoms with van der Waals surface area (Å²) >= 11 is 0. The summed E-state index contributed by atoms with van der Waals surface area (Å²) in [6.45, 7) is 4.18. The van der Waals surface area contributed by atoms with Crippen LogP contribution >= 0.6 is 0 Å². The molecule has 1 unspecified atom stereocenters. The van der Waals surface area contributed by atoms with E-state index in [0.29, 0.717) is 12.2 Å². The van der Waals surface area contributed by atoms with E-state index in [9.17, 15) is 4.79 Å². The lowest BCUT2D eigenvalue weighted by Crippen LogP contribution is -2.13. The first-order valence-corrected chi connectivity index (χ1v) is 7.34. The molecule has 2 rings (SSSR count). The highest BCUT2D eigenvalue weighted by molar-refractivity contribution is 5.86. The fourth-order valence-corrected chi connectivity index (χ4v) is 2.69. The van der Waals surface area contributed by atoms with Crippen molar-refractivity contribution in [1.29, 1.82) is 0 Å². The fraction of sp³-hybridized carbons (Fsp3) is 0.316. The van der Waals surface area contributed by atoms with E-state index in [1.54, 1.807) is 0 Å². The normalized spacial score (nSPS) is 12.1. The van der Waals surface area contributed by atoms with E-state index in [1.165, 1.54) is 16.7 Å². The van der Waals surface area contributed by atoms with Gasteiger partial charge in [0.1, 0.15) is 5.78 Å². The second-order valence-corrected chi connectivity index (χ2v) is 5.27. The summed E-state index contributed by atoms with van der Waals surface area (Å²) in [4.78, 5) is 12.5. The largest absolute Gasteiger partial charge is 0.299 e. The van der Waals surface area contributed by atoms with Crippen LogP contribution < -0.4 is 0 Å². The van der Waals surface area contributed by atoms with Crippen LogP contribution in [0.4, 0.5) is 0 Å². The smallest absolute Gasteiger partial charge is 0.140 e. The molecule has 0 fully saturated rings. The SMILES string of the molecule is CCC(C(=O)CCc1ccccc1)c1ccccc1C. The second-order valence-electron chi connectivity index (χ2n) is 5.27. The van der Waals surface area contributed by atoms with Gasteiger partial charge in [0.15, 0.2) is 0 Å². The van der Waals surface area contributed by atoms with Crippen LogP contribution in [0.1, 0.15) is 42.4 Å². The van der Waals surface area contributed by atoms with E-state index in [1.807, 2.05) is 30.3 Å². The number of aryl methyl sites for hydroxylation is 2. The predicted molar refractivity (Wildman–Crippen MR) is 84.0 cm³/mol. The van der Waals surface area contributed by atoms with Crippen molar-refractivity contribution in [2.75, 3.05) is 0 Å². The molecule has 0 saturated heterocycles. The Morgan fingerprint density at radius 3 is 2.30 bits per heavy atom. The Morgan fingerprint density at radius 1 is 1.00 bits per heavy atom. The van der Waals surface area contributed by atoms with Gasteiger partial charge in [-0.25, -0.2) is 0 Å². The second kappa shape index (κ2) is 7.04. The zero-order valence-corrected chi connectivity index (χ0v) is 12.3. The molecule has 0 N–H and O–H groups in total. The van der Waals surface area contributed by atoms with Crippen molar-refractivity contribution in [3.63, 3.8) is 0 Å². The molecule has 1 nitrogen and oxygen atoms in total. The number of hydrogen-bond donors (Lipinski definition) is 0. The van der Waals surface area contributed by atoms with Gasteiger partial charge in [-0.05, 0) is 36.5 Å². The molecular weight excluding hydrogens is 244 g/mol. The minimum atomic E-state index is 0.0416. The summed E-state index contributed by atoms with van der Waals surface area (Å²) in [6.07, 6.45) is 2.33. The molecule has 0 aliphatic carbocycles. The van der Waals surface area contributed by atoms with E-state index >= 15 is 0 Å². The van der Waals surface area contributed by atoms with Gasteiger partial charge >= 0.3 is 0 Å². The molecule has 104 valence electrons. The lowest BCUT2D eigenvalue weighted by Gasteiger charge is -2.16. The number of rotatable bonds is 6. The zero-order valence-electron chi connectivity index (χ0n) is 12.3. The van der Waals surface area contributed by atoms with Gasteiger partial charge in [-0.3, -0.25) is 4.79 Å². The maximum Gasteiger partial charge on any atom is 0.140 e. The number of Topliss-reactive ketones (excluding diaryl/α,β-unsaturated/α-hetero) is 1. The quantitative estimate of drug-likeness (QED) is 0.741. The van der Waals surface area contributed by atoms with E-state index < -0.39 is 0 Å². The van der Waals surface area contributed by atoms with Gasteiger partial charge in [-0.15, -0.1) is 0 Å². The Kier molecular flexibility index (Phi) is 5.11. The Balaban J connectivity index is 2.05. The van der Waals surface area contributed by atoms with Crippen LogP contribution in [0.15, 0.2) is 54.6 Å². The molecule has 1 heteroatoms. The van der Waals surface area contributed by atoms with Crippen LogP contribution in [0, 0.1) is 6.92 Å². The summed E-state index contributed by atoms with van der Waals surface area (Å²) in [6, 6.07) is 18.5. The fourth-order valence-electron chi connectivity index (χ4n) is 2.69. The van der Waals surface area contributed by atoms with Crippen LogP contribution in [0.25, 0.3) is 0 Å². The number of carbonyl (C=O) groups excluding carboxylic acids is 1.